The van der Waals surface area contributed by atoms with Gasteiger partial charge in [0.15, 0.2) is 0 Å². The van der Waals surface area contributed by atoms with Crippen LogP contribution >= 0.6 is 0 Å². The monoisotopic (exact) mass is 248 g/mol. The van der Waals surface area contributed by atoms with E-state index in [4.69, 9.17) is 0 Å². The number of hydrogen-bond acceptors (Lipinski definition) is 3. The zero-order chi connectivity index (χ0) is 13.2. The molecular weight excluding hydrogens is 228 g/mol. The minimum atomic E-state index is -0.622. The van der Waals surface area contributed by atoms with Crippen LogP contribution in [0.3, 0.4) is 0 Å². The van der Waals surface area contributed by atoms with Crippen LogP contribution in [0.1, 0.15) is 19.4 Å². The summed E-state index contributed by atoms with van der Waals surface area (Å²) in [6, 6.07) is 7.88. The number of aliphatic hydroxyl groups is 1. The number of benzene rings is 1. The summed E-state index contributed by atoms with van der Waals surface area (Å²) in [5.41, 5.74) is 1.46. The standard InChI is InChI=1S/C14H20N2O2/c1-3-11-4-6-12(7-5-11)15-13(17)8-16-9-14(2,18)10-16/h4-7,18H,3,8-10H2,1-2H3,(H,15,17). The summed E-state index contributed by atoms with van der Waals surface area (Å²) in [6.07, 6.45) is 0.997. The van der Waals surface area contributed by atoms with Crippen LogP contribution in [-0.4, -0.2) is 41.1 Å². The Hall–Kier alpha value is -1.39. The first-order chi connectivity index (χ1) is 8.48. The van der Waals surface area contributed by atoms with Gasteiger partial charge in [0.2, 0.25) is 5.91 Å². The number of rotatable bonds is 4. The summed E-state index contributed by atoms with van der Waals surface area (Å²) in [6.45, 7) is 5.35. The highest BCUT2D eigenvalue weighted by Crippen LogP contribution is 2.19. The van der Waals surface area contributed by atoms with Gasteiger partial charge >= 0.3 is 0 Å². The third-order valence-electron chi connectivity index (χ3n) is 3.14. The van der Waals surface area contributed by atoms with E-state index in [0.29, 0.717) is 19.6 Å². The fourth-order valence-electron chi connectivity index (χ4n) is 2.26. The van der Waals surface area contributed by atoms with Crippen LogP contribution in [0.5, 0.6) is 0 Å². The lowest BCUT2D eigenvalue weighted by Gasteiger charge is -2.43. The largest absolute Gasteiger partial charge is 0.388 e. The van der Waals surface area contributed by atoms with Crippen molar-refractivity contribution in [1.29, 1.82) is 0 Å². The zero-order valence-corrected chi connectivity index (χ0v) is 10.9. The topological polar surface area (TPSA) is 52.6 Å². The Morgan fingerprint density at radius 2 is 2.00 bits per heavy atom. The normalized spacial score (nSPS) is 18.2. The fraction of sp³-hybridized carbons (Fsp3) is 0.500. The molecule has 0 bridgehead atoms. The molecule has 1 aromatic carbocycles. The predicted molar refractivity (Wildman–Crippen MR) is 71.5 cm³/mol. The first-order valence-electron chi connectivity index (χ1n) is 6.32. The molecule has 0 aromatic heterocycles. The van der Waals surface area contributed by atoms with Gasteiger partial charge < -0.3 is 10.4 Å². The highest BCUT2D eigenvalue weighted by atomic mass is 16.3. The second-order valence-electron chi connectivity index (χ2n) is 5.24. The molecule has 0 unspecified atom stereocenters. The van der Waals surface area contributed by atoms with Crippen molar-refractivity contribution in [2.75, 3.05) is 25.0 Å². The van der Waals surface area contributed by atoms with E-state index in [9.17, 15) is 9.90 Å². The van der Waals surface area contributed by atoms with Gasteiger partial charge in [-0.1, -0.05) is 19.1 Å². The molecular formula is C14H20N2O2. The molecule has 18 heavy (non-hydrogen) atoms. The number of amides is 1. The quantitative estimate of drug-likeness (QED) is 0.843. The molecule has 1 aliphatic rings. The summed E-state index contributed by atoms with van der Waals surface area (Å²) < 4.78 is 0. The van der Waals surface area contributed by atoms with Crippen molar-refractivity contribution in [3.05, 3.63) is 29.8 Å². The third kappa shape index (κ3) is 3.31. The number of likely N-dealkylation sites (tertiary alicyclic amines) is 1. The first-order valence-corrected chi connectivity index (χ1v) is 6.32. The van der Waals surface area contributed by atoms with Crippen molar-refractivity contribution >= 4 is 11.6 Å². The van der Waals surface area contributed by atoms with E-state index < -0.39 is 5.60 Å². The van der Waals surface area contributed by atoms with Crippen LogP contribution in [-0.2, 0) is 11.2 Å². The van der Waals surface area contributed by atoms with Crippen LogP contribution in [0.25, 0.3) is 0 Å². The summed E-state index contributed by atoms with van der Waals surface area (Å²) in [7, 11) is 0. The van der Waals surface area contributed by atoms with Gasteiger partial charge in [-0.25, -0.2) is 0 Å². The Morgan fingerprint density at radius 1 is 1.39 bits per heavy atom. The Labute approximate surface area is 108 Å². The first kappa shape index (κ1) is 13.1. The molecule has 1 heterocycles. The lowest BCUT2D eigenvalue weighted by molar-refractivity contribution is -0.125. The van der Waals surface area contributed by atoms with Crippen molar-refractivity contribution in [3.8, 4) is 0 Å². The van der Waals surface area contributed by atoms with Crippen LogP contribution in [0, 0.1) is 0 Å². The average Bonchev–Trinajstić information content (AvgIpc) is 2.27. The molecule has 4 nitrogen and oxygen atoms in total. The Morgan fingerprint density at radius 3 is 2.50 bits per heavy atom. The maximum atomic E-state index is 11.7. The Bertz CT molecular complexity index is 418. The van der Waals surface area contributed by atoms with Gasteiger partial charge in [-0.3, -0.25) is 9.69 Å². The van der Waals surface area contributed by atoms with Crippen LogP contribution < -0.4 is 5.32 Å². The van der Waals surface area contributed by atoms with Crippen LogP contribution in [0.15, 0.2) is 24.3 Å². The molecule has 4 heteroatoms. The molecule has 1 aliphatic heterocycles. The number of anilines is 1. The van der Waals surface area contributed by atoms with Crippen molar-refractivity contribution in [2.24, 2.45) is 0 Å². The van der Waals surface area contributed by atoms with E-state index in [1.54, 1.807) is 6.92 Å². The molecule has 0 saturated carbocycles. The van der Waals surface area contributed by atoms with E-state index in [0.717, 1.165) is 12.1 Å². The number of carbonyl (C=O) groups excluding carboxylic acids is 1. The van der Waals surface area contributed by atoms with Gasteiger partial charge in [-0.2, -0.15) is 0 Å². The van der Waals surface area contributed by atoms with Gasteiger partial charge in [-0.15, -0.1) is 0 Å². The maximum absolute atomic E-state index is 11.7. The van der Waals surface area contributed by atoms with Crippen molar-refractivity contribution in [2.45, 2.75) is 25.9 Å². The third-order valence-corrected chi connectivity index (χ3v) is 3.14. The SMILES string of the molecule is CCc1ccc(NC(=O)CN2CC(C)(O)C2)cc1. The molecule has 1 aromatic rings. The maximum Gasteiger partial charge on any atom is 0.238 e. The molecule has 0 atom stereocenters. The summed E-state index contributed by atoms with van der Waals surface area (Å²) >= 11 is 0. The minimum Gasteiger partial charge on any atom is -0.388 e. The molecule has 2 N–H and O–H groups in total. The second kappa shape index (κ2) is 5.08. The van der Waals surface area contributed by atoms with E-state index in [1.165, 1.54) is 5.56 Å². The highest BCUT2D eigenvalue weighted by molar-refractivity contribution is 5.92. The number of nitrogens with one attached hydrogen (secondary N) is 1. The van der Waals surface area contributed by atoms with Gasteiger partial charge in [0, 0.05) is 18.8 Å². The smallest absolute Gasteiger partial charge is 0.238 e. The Kier molecular flexibility index (Phi) is 3.68. The van der Waals surface area contributed by atoms with Gasteiger partial charge in [0.25, 0.3) is 0 Å². The van der Waals surface area contributed by atoms with Gasteiger partial charge in [0.1, 0.15) is 0 Å². The number of β-amino-alcohol motifs (C(OH)–C–C–N with tert-alkyl or cyclic N) is 1. The fourth-order valence-corrected chi connectivity index (χ4v) is 2.26. The lowest BCUT2D eigenvalue weighted by atomic mass is 9.97. The van der Waals surface area contributed by atoms with Crippen molar-refractivity contribution < 1.29 is 9.90 Å². The number of hydrogen-bond donors (Lipinski definition) is 2. The number of nitrogens with zero attached hydrogens (tertiary/aromatic N) is 1. The molecule has 2 rings (SSSR count). The lowest BCUT2D eigenvalue weighted by Crippen LogP contribution is -2.61. The van der Waals surface area contributed by atoms with Crippen molar-refractivity contribution in [1.82, 2.24) is 4.90 Å². The summed E-state index contributed by atoms with van der Waals surface area (Å²) in [4.78, 5) is 13.7. The molecule has 0 aliphatic carbocycles. The van der Waals surface area contributed by atoms with E-state index >= 15 is 0 Å². The molecule has 1 saturated heterocycles. The van der Waals surface area contributed by atoms with E-state index in [2.05, 4.69) is 12.2 Å². The van der Waals surface area contributed by atoms with Gasteiger partial charge in [-0.05, 0) is 31.0 Å². The summed E-state index contributed by atoms with van der Waals surface area (Å²) in [5.74, 6) is -0.0326. The molecule has 98 valence electrons. The molecule has 0 radical (unpaired) electrons. The minimum absolute atomic E-state index is 0.0326. The number of aryl methyl sites for hydroxylation is 1. The van der Waals surface area contributed by atoms with E-state index in [-0.39, 0.29) is 5.91 Å². The summed E-state index contributed by atoms with van der Waals surface area (Å²) in [5, 5.41) is 12.4. The van der Waals surface area contributed by atoms with Crippen molar-refractivity contribution in [3.63, 3.8) is 0 Å². The van der Waals surface area contributed by atoms with Crippen LogP contribution in [0.4, 0.5) is 5.69 Å². The van der Waals surface area contributed by atoms with Gasteiger partial charge in [0.05, 0.1) is 12.1 Å². The number of carbonyl (C=O) groups is 1. The highest BCUT2D eigenvalue weighted by Gasteiger charge is 2.37. The predicted octanol–water partition coefficient (Wildman–Crippen LogP) is 1.25. The van der Waals surface area contributed by atoms with E-state index in [1.807, 2.05) is 29.2 Å². The molecule has 0 spiro atoms. The molecule has 1 fully saturated rings. The second-order valence-corrected chi connectivity index (χ2v) is 5.24. The molecule has 1 amide bonds. The average molecular weight is 248 g/mol. The van der Waals surface area contributed by atoms with Crippen LogP contribution in [0.2, 0.25) is 0 Å². The Balaban J connectivity index is 1.80. The zero-order valence-electron chi connectivity index (χ0n) is 10.9.